The van der Waals surface area contributed by atoms with Crippen LogP contribution in [0.25, 0.3) is 0 Å². The minimum Gasteiger partial charge on any atom is -0.459 e. The van der Waals surface area contributed by atoms with Crippen LogP contribution in [-0.4, -0.2) is 40.5 Å². The molecule has 0 spiro atoms. The molecule has 2 aromatic carbocycles. The molecule has 30 heavy (non-hydrogen) atoms. The van der Waals surface area contributed by atoms with E-state index in [9.17, 15) is 14.7 Å². The minimum atomic E-state index is -0.967. The van der Waals surface area contributed by atoms with E-state index in [0.717, 1.165) is 11.1 Å². The molecule has 0 fully saturated rings. The summed E-state index contributed by atoms with van der Waals surface area (Å²) in [4.78, 5) is 24.9. The number of rotatable bonds is 8. The highest BCUT2D eigenvalue weighted by Gasteiger charge is 2.26. The summed E-state index contributed by atoms with van der Waals surface area (Å²) in [6, 6.07) is 15.1. The number of aliphatic hydroxyl groups is 2. The summed E-state index contributed by atoms with van der Waals surface area (Å²) in [5.41, 5.74) is 1.44. The van der Waals surface area contributed by atoms with E-state index in [4.69, 9.17) is 14.6 Å². The summed E-state index contributed by atoms with van der Waals surface area (Å²) < 4.78 is 10.7. The molecule has 7 nitrogen and oxygen atoms in total. The summed E-state index contributed by atoms with van der Waals surface area (Å²) in [6.07, 6.45) is -1.50. The number of aliphatic hydroxyl groups excluding tert-OH is 2. The van der Waals surface area contributed by atoms with E-state index >= 15 is 0 Å². The van der Waals surface area contributed by atoms with E-state index < -0.39 is 29.8 Å². The lowest BCUT2D eigenvalue weighted by Gasteiger charge is -2.23. The monoisotopic (exact) mass is 415 g/mol. The fraction of sp³-hybridized carbons (Fsp3) is 0.391. The Balaban J connectivity index is 2.09. The molecule has 162 valence electrons. The number of hydrogen-bond donors (Lipinski definition) is 3. The van der Waals surface area contributed by atoms with E-state index in [2.05, 4.69) is 5.32 Å². The van der Waals surface area contributed by atoms with Gasteiger partial charge in [0, 0.05) is 6.42 Å². The Morgan fingerprint density at radius 1 is 1.00 bits per heavy atom. The second-order valence-corrected chi connectivity index (χ2v) is 7.94. The van der Waals surface area contributed by atoms with E-state index in [1.165, 1.54) is 0 Å². The molecule has 0 heterocycles. The SMILES string of the molecule is CC(C)(C)OC(=O)N[C@@H](Cc1ccc(C(O)CO)cc1)C(=O)OCc1ccccc1. The van der Waals surface area contributed by atoms with Gasteiger partial charge in [0.05, 0.1) is 6.61 Å². The van der Waals surface area contributed by atoms with Crippen molar-refractivity contribution >= 4 is 12.1 Å². The maximum absolute atomic E-state index is 12.7. The van der Waals surface area contributed by atoms with Crippen LogP contribution in [0, 0.1) is 0 Å². The van der Waals surface area contributed by atoms with Crippen LogP contribution in [0.15, 0.2) is 54.6 Å². The second kappa shape index (κ2) is 10.8. The van der Waals surface area contributed by atoms with Gasteiger partial charge in [-0.05, 0) is 37.5 Å². The van der Waals surface area contributed by atoms with E-state index in [1.807, 2.05) is 30.3 Å². The molecule has 0 saturated carbocycles. The Morgan fingerprint density at radius 2 is 1.63 bits per heavy atom. The predicted octanol–water partition coefficient (Wildman–Crippen LogP) is 2.89. The average Bonchev–Trinajstić information content (AvgIpc) is 2.71. The standard InChI is InChI=1S/C23H29NO6/c1-23(2,3)30-22(28)24-19(21(27)29-15-17-7-5-4-6-8-17)13-16-9-11-18(12-10-16)20(26)14-25/h4-12,19-20,25-26H,13-15H2,1-3H3,(H,24,28)/t19-,20?/m0/s1. The van der Waals surface area contributed by atoms with Crippen LogP contribution in [0.4, 0.5) is 4.79 Å². The molecule has 0 radical (unpaired) electrons. The Labute approximate surface area is 176 Å². The Kier molecular flexibility index (Phi) is 8.38. The maximum atomic E-state index is 12.7. The number of alkyl carbamates (subject to hydrolysis) is 1. The summed E-state index contributed by atoms with van der Waals surface area (Å²) >= 11 is 0. The summed E-state index contributed by atoms with van der Waals surface area (Å²) in [7, 11) is 0. The predicted molar refractivity (Wildman–Crippen MR) is 112 cm³/mol. The first-order chi connectivity index (χ1) is 14.2. The van der Waals surface area contributed by atoms with Crippen molar-refractivity contribution in [3.8, 4) is 0 Å². The Bertz CT molecular complexity index is 814. The third-order valence-corrected chi connectivity index (χ3v) is 4.18. The molecule has 7 heteroatoms. The number of amides is 1. The fourth-order valence-corrected chi connectivity index (χ4v) is 2.69. The number of carbonyl (C=O) groups is 2. The van der Waals surface area contributed by atoms with Crippen molar-refractivity contribution in [3.05, 3.63) is 71.3 Å². The zero-order valence-corrected chi connectivity index (χ0v) is 17.5. The lowest BCUT2D eigenvalue weighted by atomic mass is 10.0. The molecule has 3 N–H and O–H groups in total. The first-order valence-electron chi connectivity index (χ1n) is 9.76. The van der Waals surface area contributed by atoms with Crippen LogP contribution in [0.3, 0.4) is 0 Å². The van der Waals surface area contributed by atoms with Crippen molar-refractivity contribution < 1.29 is 29.3 Å². The van der Waals surface area contributed by atoms with Crippen molar-refractivity contribution in [2.24, 2.45) is 0 Å². The van der Waals surface area contributed by atoms with Crippen LogP contribution in [-0.2, 0) is 27.3 Å². The van der Waals surface area contributed by atoms with Crippen molar-refractivity contribution in [1.29, 1.82) is 0 Å². The number of nitrogens with one attached hydrogen (secondary N) is 1. The molecule has 2 rings (SSSR count). The van der Waals surface area contributed by atoms with Gasteiger partial charge in [0.1, 0.15) is 24.4 Å². The van der Waals surface area contributed by atoms with Gasteiger partial charge in [0.15, 0.2) is 0 Å². The van der Waals surface area contributed by atoms with Crippen molar-refractivity contribution in [3.63, 3.8) is 0 Å². The third-order valence-electron chi connectivity index (χ3n) is 4.18. The van der Waals surface area contributed by atoms with Gasteiger partial charge in [-0.15, -0.1) is 0 Å². The Morgan fingerprint density at radius 3 is 2.20 bits per heavy atom. The van der Waals surface area contributed by atoms with Gasteiger partial charge >= 0.3 is 12.1 Å². The number of esters is 1. The first kappa shape index (κ1) is 23.4. The topological polar surface area (TPSA) is 105 Å². The molecule has 0 saturated heterocycles. The molecule has 0 aliphatic carbocycles. The smallest absolute Gasteiger partial charge is 0.408 e. The van der Waals surface area contributed by atoms with E-state index in [-0.39, 0.29) is 19.6 Å². The van der Waals surface area contributed by atoms with Gasteiger partial charge in [-0.25, -0.2) is 9.59 Å². The van der Waals surface area contributed by atoms with Gasteiger partial charge in [-0.3, -0.25) is 0 Å². The van der Waals surface area contributed by atoms with Gasteiger partial charge in [-0.2, -0.15) is 0 Å². The zero-order chi connectivity index (χ0) is 22.1. The molecule has 0 bridgehead atoms. The van der Waals surface area contributed by atoms with E-state index in [0.29, 0.717) is 5.56 Å². The largest absolute Gasteiger partial charge is 0.459 e. The summed E-state index contributed by atoms with van der Waals surface area (Å²) in [6.45, 7) is 4.92. The van der Waals surface area contributed by atoms with Gasteiger partial charge in [-0.1, -0.05) is 54.6 Å². The summed E-state index contributed by atoms with van der Waals surface area (Å²) in [5.74, 6) is -0.579. The highest BCUT2D eigenvalue weighted by molar-refractivity contribution is 5.81. The number of benzene rings is 2. The van der Waals surface area contributed by atoms with Crippen molar-refractivity contribution in [2.75, 3.05) is 6.61 Å². The molecular formula is C23H29NO6. The Hall–Kier alpha value is -2.90. The molecule has 1 amide bonds. The van der Waals surface area contributed by atoms with Crippen LogP contribution >= 0.6 is 0 Å². The lowest BCUT2D eigenvalue weighted by Crippen LogP contribution is -2.45. The molecule has 0 aliphatic heterocycles. The van der Waals surface area contributed by atoms with Crippen molar-refractivity contribution in [2.45, 2.75) is 51.5 Å². The van der Waals surface area contributed by atoms with Gasteiger partial charge < -0.3 is 25.0 Å². The lowest BCUT2D eigenvalue weighted by molar-refractivity contribution is -0.147. The highest BCUT2D eigenvalue weighted by Crippen LogP contribution is 2.15. The fourth-order valence-electron chi connectivity index (χ4n) is 2.69. The minimum absolute atomic E-state index is 0.0911. The van der Waals surface area contributed by atoms with E-state index in [1.54, 1.807) is 45.0 Å². The molecule has 0 aromatic heterocycles. The number of ether oxygens (including phenoxy) is 2. The highest BCUT2D eigenvalue weighted by atomic mass is 16.6. The molecule has 1 unspecified atom stereocenters. The molecule has 2 atom stereocenters. The number of carbonyl (C=O) groups excluding carboxylic acids is 2. The van der Waals surface area contributed by atoms with Crippen LogP contribution in [0.5, 0.6) is 0 Å². The second-order valence-electron chi connectivity index (χ2n) is 7.94. The number of hydrogen-bond acceptors (Lipinski definition) is 6. The zero-order valence-electron chi connectivity index (χ0n) is 17.5. The van der Waals surface area contributed by atoms with Crippen LogP contribution in [0.1, 0.15) is 43.6 Å². The molecule has 2 aromatic rings. The normalized spacial score (nSPS) is 13.2. The quantitative estimate of drug-likeness (QED) is 0.573. The molecule has 0 aliphatic rings. The van der Waals surface area contributed by atoms with Gasteiger partial charge in [0.25, 0.3) is 0 Å². The van der Waals surface area contributed by atoms with Crippen LogP contribution < -0.4 is 5.32 Å². The third kappa shape index (κ3) is 7.85. The summed E-state index contributed by atoms with van der Waals surface area (Å²) in [5, 5.41) is 21.3. The van der Waals surface area contributed by atoms with Gasteiger partial charge in [0.2, 0.25) is 0 Å². The average molecular weight is 415 g/mol. The molecular weight excluding hydrogens is 386 g/mol. The van der Waals surface area contributed by atoms with Crippen molar-refractivity contribution in [1.82, 2.24) is 5.32 Å². The van der Waals surface area contributed by atoms with Crippen LogP contribution in [0.2, 0.25) is 0 Å². The maximum Gasteiger partial charge on any atom is 0.408 e. The first-order valence-corrected chi connectivity index (χ1v) is 9.76.